The Kier molecular flexibility index (Phi) is 9.56. The number of nitrogens with zero attached hydrogens (tertiary/aromatic N) is 2. The van der Waals surface area contributed by atoms with Crippen molar-refractivity contribution in [3.63, 3.8) is 0 Å². The second kappa shape index (κ2) is 16.1. The second-order valence-corrected chi connectivity index (χ2v) is 31.9. The largest absolute Gasteiger partial charge is 0.456 e. The van der Waals surface area contributed by atoms with Crippen LogP contribution in [0.2, 0.25) is 39.3 Å². The predicted octanol–water partition coefficient (Wildman–Crippen LogP) is 18.7. The first kappa shape index (κ1) is 43.4. The maximum absolute atomic E-state index is 7.33. The van der Waals surface area contributed by atoms with Gasteiger partial charge in [0.05, 0.1) is 38.9 Å². The van der Waals surface area contributed by atoms with Crippen molar-refractivity contribution in [2.75, 3.05) is 9.80 Å². The first-order valence-corrected chi connectivity index (χ1v) is 32.3. The van der Waals surface area contributed by atoms with Crippen LogP contribution >= 0.6 is 0 Å². The van der Waals surface area contributed by atoms with Gasteiger partial charge in [0.15, 0.2) is 11.2 Å². The molecule has 1 aliphatic heterocycles. The van der Waals surface area contributed by atoms with Gasteiger partial charge in [-0.1, -0.05) is 171 Å². The molecular formula is C66H52N2O3Si2. The molecule has 13 aromatic rings. The van der Waals surface area contributed by atoms with Gasteiger partial charge in [-0.15, -0.1) is 0 Å². The Hall–Kier alpha value is -8.37. The monoisotopic (exact) mass is 976 g/mol. The van der Waals surface area contributed by atoms with E-state index in [0.717, 1.165) is 100 Å². The maximum Gasteiger partial charge on any atom is 0.159 e. The Labute approximate surface area is 426 Å². The molecule has 352 valence electrons. The maximum atomic E-state index is 7.33. The number of hydrogen-bond acceptors (Lipinski definition) is 5. The van der Waals surface area contributed by atoms with Crippen molar-refractivity contribution >= 4 is 137 Å². The molecule has 0 N–H and O–H groups in total. The summed E-state index contributed by atoms with van der Waals surface area (Å²) in [5.41, 5.74) is 11.8. The third-order valence-electron chi connectivity index (χ3n) is 15.1. The first-order chi connectivity index (χ1) is 35.5. The number of anilines is 6. The number of ether oxygens (including phenoxy) is 1. The van der Waals surface area contributed by atoms with E-state index in [4.69, 9.17) is 13.6 Å². The molecule has 11 aromatic carbocycles. The SMILES string of the molecule is C[Si](C)(C)c1ccc2c(N(c3ccccc3)c3cccc4c3oc3ccccc34)cc3c4cc([Si](C)(C)C)cc5c4c(cc3c2c1)-c1ccc(N(c2ccccc2)c2cccc3c2oc2ccccc23)cc1O5. The molecule has 0 radical (unpaired) electrons. The molecular weight excluding hydrogens is 925 g/mol. The van der Waals surface area contributed by atoms with E-state index in [0.29, 0.717) is 0 Å². The zero-order chi connectivity index (χ0) is 49.3. The highest BCUT2D eigenvalue weighted by Gasteiger charge is 2.30. The van der Waals surface area contributed by atoms with Crippen molar-refractivity contribution in [2.24, 2.45) is 0 Å². The molecule has 1 aliphatic rings. The van der Waals surface area contributed by atoms with Crippen LogP contribution in [-0.2, 0) is 0 Å². The van der Waals surface area contributed by atoms with Crippen LogP contribution in [0.15, 0.2) is 215 Å². The summed E-state index contributed by atoms with van der Waals surface area (Å²) in [4.78, 5) is 4.73. The minimum atomic E-state index is -1.92. The first-order valence-electron chi connectivity index (χ1n) is 25.3. The Bertz CT molecular complexity index is 4390. The van der Waals surface area contributed by atoms with Crippen LogP contribution in [0.25, 0.3) is 87.3 Å². The van der Waals surface area contributed by atoms with E-state index < -0.39 is 16.1 Å². The molecule has 0 unspecified atom stereocenters. The van der Waals surface area contributed by atoms with Gasteiger partial charge in [-0.2, -0.15) is 0 Å². The van der Waals surface area contributed by atoms with Gasteiger partial charge in [0.2, 0.25) is 0 Å². The van der Waals surface area contributed by atoms with Gasteiger partial charge < -0.3 is 23.4 Å². The van der Waals surface area contributed by atoms with Gasteiger partial charge in [-0.05, 0) is 106 Å². The number of furan rings is 2. The van der Waals surface area contributed by atoms with Crippen LogP contribution in [0, 0.1) is 0 Å². The molecule has 14 rings (SSSR count). The molecule has 7 heteroatoms. The van der Waals surface area contributed by atoms with Crippen LogP contribution in [0.1, 0.15) is 0 Å². The molecule has 73 heavy (non-hydrogen) atoms. The van der Waals surface area contributed by atoms with Crippen molar-refractivity contribution in [2.45, 2.75) is 39.3 Å². The van der Waals surface area contributed by atoms with Crippen LogP contribution in [0.4, 0.5) is 34.1 Å². The number of fused-ring (bicyclic) bond motifs is 12. The Morgan fingerprint density at radius 2 is 0.849 bits per heavy atom. The summed E-state index contributed by atoms with van der Waals surface area (Å²) >= 11 is 0. The molecule has 0 aliphatic carbocycles. The summed E-state index contributed by atoms with van der Waals surface area (Å²) in [5.74, 6) is 1.72. The third kappa shape index (κ3) is 6.87. The summed E-state index contributed by atoms with van der Waals surface area (Å²) in [6.45, 7) is 14.6. The van der Waals surface area contributed by atoms with Crippen molar-refractivity contribution in [1.82, 2.24) is 0 Å². The lowest BCUT2D eigenvalue weighted by Crippen LogP contribution is -2.37. The van der Waals surface area contributed by atoms with Gasteiger partial charge in [-0.25, -0.2) is 0 Å². The minimum Gasteiger partial charge on any atom is -0.456 e. The molecule has 3 heterocycles. The van der Waals surface area contributed by atoms with Crippen LogP contribution in [-0.4, -0.2) is 16.1 Å². The summed E-state index contributed by atoms with van der Waals surface area (Å²) in [6.07, 6.45) is 0. The molecule has 0 fully saturated rings. The van der Waals surface area contributed by atoms with E-state index in [1.165, 1.54) is 42.9 Å². The van der Waals surface area contributed by atoms with E-state index in [2.05, 4.69) is 237 Å². The van der Waals surface area contributed by atoms with Crippen LogP contribution in [0.3, 0.4) is 0 Å². The highest BCUT2D eigenvalue weighted by Crippen LogP contribution is 2.54. The molecule has 0 spiro atoms. The summed E-state index contributed by atoms with van der Waals surface area (Å²) in [7, 11) is -3.70. The summed E-state index contributed by atoms with van der Waals surface area (Å²) < 4.78 is 20.8. The number of para-hydroxylation sites is 6. The van der Waals surface area contributed by atoms with Gasteiger partial charge in [-0.3, -0.25) is 0 Å². The van der Waals surface area contributed by atoms with Crippen molar-refractivity contribution in [1.29, 1.82) is 0 Å². The van der Waals surface area contributed by atoms with Gasteiger partial charge in [0, 0.05) is 55.3 Å². The van der Waals surface area contributed by atoms with Gasteiger partial charge in [0.1, 0.15) is 22.7 Å². The fourth-order valence-electron chi connectivity index (χ4n) is 11.4. The van der Waals surface area contributed by atoms with Crippen molar-refractivity contribution < 1.29 is 13.6 Å². The van der Waals surface area contributed by atoms with Crippen LogP contribution in [0.5, 0.6) is 11.5 Å². The van der Waals surface area contributed by atoms with Crippen molar-refractivity contribution in [3.05, 3.63) is 206 Å². The third-order valence-corrected chi connectivity index (χ3v) is 19.2. The van der Waals surface area contributed by atoms with E-state index >= 15 is 0 Å². The fraction of sp³-hybridized carbons (Fsp3) is 0.0909. The topological polar surface area (TPSA) is 42.0 Å². The van der Waals surface area contributed by atoms with E-state index in [1.807, 2.05) is 18.2 Å². The fourth-order valence-corrected chi connectivity index (χ4v) is 13.7. The quantitative estimate of drug-likeness (QED) is 0.112. The smallest absolute Gasteiger partial charge is 0.159 e. The van der Waals surface area contributed by atoms with Crippen molar-refractivity contribution in [3.8, 4) is 22.6 Å². The molecule has 0 atom stereocenters. The molecule has 0 saturated heterocycles. The van der Waals surface area contributed by atoms with E-state index in [-0.39, 0.29) is 0 Å². The lowest BCUT2D eigenvalue weighted by Gasteiger charge is -2.30. The van der Waals surface area contributed by atoms with Gasteiger partial charge >= 0.3 is 0 Å². The standard InChI is InChI=1S/C66H52N2O3Si2/c1-72(2,3)44-32-34-46-52(36-44)53-39-56-49-33-31-43(67(41-19-9-7-10-20-41)57-27-17-25-50-47-23-13-15-29-60(47)70-65(50)57)35-62(49)69-63-38-45(73(4,5)6)37-55(64(56)63)54(53)40-59(46)68(42-21-11-8-12-22-42)58-28-18-26-51-48-24-14-16-30-61(48)71-66(51)58/h7-40H,1-6H3. The number of rotatable bonds is 8. The molecule has 0 bridgehead atoms. The zero-order valence-corrected chi connectivity index (χ0v) is 43.7. The highest BCUT2D eigenvalue weighted by atomic mass is 28.3. The lowest BCUT2D eigenvalue weighted by molar-refractivity contribution is 0.487. The van der Waals surface area contributed by atoms with Gasteiger partial charge in [0.25, 0.3) is 0 Å². The molecule has 5 nitrogen and oxygen atoms in total. The number of benzene rings is 11. The van der Waals surface area contributed by atoms with E-state index in [9.17, 15) is 0 Å². The number of hydrogen-bond donors (Lipinski definition) is 0. The Balaban J connectivity index is 1.05. The van der Waals surface area contributed by atoms with E-state index in [1.54, 1.807) is 0 Å². The second-order valence-electron chi connectivity index (χ2n) is 21.7. The average Bonchev–Trinajstić information content (AvgIpc) is 3.99. The molecule has 0 saturated carbocycles. The molecule has 2 aromatic heterocycles. The Morgan fingerprint density at radius 3 is 1.48 bits per heavy atom. The summed E-state index contributed by atoms with van der Waals surface area (Å²) in [6, 6.07) is 74.8. The normalized spacial score (nSPS) is 12.6. The highest BCUT2D eigenvalue weighted by molar-refractivity contribution is 6.89. The molecule has 0 amide bonds. The van der Waals surface area contributed by atoms with Crippen LogP contribution < -0.4 is 24.9 Å². The minimum absolute atomic E-state index is 0.828. The Morgan fingerprint density at radius 1 is 0.315 bits per heavy atom. The zero-order valence-electron chi connectivity index (χ0n) is 41.7. The average molecular weight is 977 g/mol. The lowest BCUT2D eigenvalue weighted by atomic mass is 9.88. The predicted molar refractivity (Wildman–Crippen MR) is 314 cm³/mol. The summed E-state index contributed by atoms with van der Waals surface area (Å²) in [5, 5.41) is 14.4.